The molecule has 0 aliphatic carbocycles. The second-order valence-electron chi connectivity index (χ2n) is 6.91. The summed E-state index contributed by atoms with van der Waals surface area (Å²) in [5.41, 5.74) is 3.40. The van der Waals surface area contributed by atoms with Crippen LogP contribution in [0.15, 0.2) is 54.6 Å². The lowest BCUT2D eigenvalue weighted by Gasteiger charge is -2.24. The van der Waals surface area contributed by atoms with Crippen molar-refractivity contribution in [1.29, 1.82) is 0 Å². The van der Waals surface area contributed by atoms with Crippen molar-refractivity contribution in [2.75, 3.05) is 27.7 Å². The number of hydrogen-bond donors (Lipinski definition) is 2. The minimum Gasteiger partial charge on any atom is -0.496 e. The largest absolute Gasteiger partial charge is 0.496 e. The minimum absolute atomic E-state index is 0.0827. The minimum atomic E-state index is -0.0853. The van der Waals surface area contributed by atoms with Gasteiger partial charge in [0, 0.05) is 11.1 Å². The van der Waals surface area contributed by atoms with Gasteiger partial charge in [-0.3, -0.25) is 9.78 Å². The highest BCUT2D eigenvalue weighted by Gasteiger charge is 2.23. The van der Waals surface area contributed by atoms with Gasteiger partial charge in [-0.25, -0.2) is 0 Å². The van der Waals surface area contributed by atoms with E-state index in [1.807, 2.05) is 55.5 Å². The maximum absolute atomic E-state index is 12.9. The van der Waals surface area contributed by atoms with Crippen LogP contribution in [0.5, 0.6) is 5.75 Å². The first-order chi connectivity index (χ1) is 13.0. The van der Waals surface area contributed by atoms with Gasteiger partial charge in [-0.2, -0.15) is 0 Å². The van der Waals surface area contributed by atoms with Crippen molar-refractivity contribution in [1.82, 2.24) is 10.3 Å². The fourth-order valence-corrected chi connectivity index (χ4v) is 3.37. The second-order valence-corrected chi connectivity index (χ2v) is 6.91. The number of ether oxygens (including phenoxy) is 1. The number of amides is 1. The molecule has 0 unspecified atom stereocenters. The standard InChI is InChI=1S/C22H25N3O2/c1-15-13-18(16-9-5-7-11-19(16)24-15)22(26)23-14-20(25(2)3)17-10-6-8-12-21(17)27-4/h5-13,20H,14H2,1-4H3,(H,23,26)/p+1/t20-/m1/s1. The summed E-state index contributed by atoms with van der Waals surface area (Å²) in [5, 5.41) is 3.97. The van der Waals surface area contributed by atoms with Gasteiger partial charge in [-0.15, -0.1) is 0 Å². The summed E-state index contributed by atoms with van der Waals surface area (Å²) in [6.07, 6.45) is 0. The van der Waals surface area contributed by atoms with Crippen LogP contribution in [-0.2, 0) is 0 Å². The molecule has 27 heavy (non-hydrogen) atoms. The number of quaternary nitrogens is 1. The van der Waals surface area contributed by atoms with Crippen LogP contribution in [0.25, 0.3) is 10.9 Å². The number of fused-ring (bicyclic) bond motifs is 1. The zero-order valence-electron chi connectivity index (χ0n) is 16.2. The molecule has 2 aromatic carbocycles. The van der Waals surface area contributed by atoms with Gasteiger partial charge in [0.2, 0.25) is 0 Å². The van der Waals surface area contributed by atoms with Gasteiger partial charge in [0.15, 0.2) is 0 Å². The highest BCUT2D eigenvalue weighted by atomic mass is 16.5. The third kappa shape index (κ3) is 4.09. The molecule has 0 aliphatic heterocycles. The van der Waals surface area contributed by atoms with Gasteiger partial charge in [0.1, 0.15) is 11.8 Å². The number of nitrogens with zero attached hydrogens (tertiary/aromatic N) is 1. The lowest BCUT2D eigenvalue weighted by Crippen LogP contribution is -3.07. The Kier molecular flexibility index (Phi) is 5.72. The number of hydrogen-bond acceptors (Lipinski definition) is 3. The summed E-state index contributed by atoms with van der Waals surface area (Å²) < 4.78 is 5.51. The van der Waals surface area contributed by atoms with Crippen LogP contribution < -0.4 is 15.0 Å². The lowest BCUT2D eigenvalue weighted by atomic mass is 10.0. The van der Waals surface area contributed by atoms with Crippen LogP contribution in [0.4, 0.5) is 0 Å². The van der Waals surface area contributed by atoms with Gasteiger partial charge in [0.25, 0.3) is 5.91 Å². The smallest absolute Gasteiger partial charge is 0.252 e. The third-order valence-corrected chi connectivity index (χ3v) is 4.77. The summed E-state index contributed by atoms with van der Waals surface area (Å²) in [7, 11) is 5.83. The molecule has 1 atom stereocenters. The monoisotopic (exact) mass is 364 g/mol. The predicted molar refractivity (Wildman–Crippen MR) is 107 cm³/mol. The number of rotatable bonds is 6. The molecule has 3 rings (SSSR count). The number of aryl methyl sites for hydroxylation is 1. The molecule has 1 amide bonds. The van der Waals surface area contributed by atoms with E-state index < -0.39 is 0 Å². The van der Waals surface area contributed by atoms with Crippen molar-refractivity contribution in [3.05, 3.63) is 71.4 Å². The Labute approximate surface area is 160 Å². The number of aromatic nitrogens is 1. The van der Waals surface area contributed by atoms with Crippen molar-refractivity contribution < 1.29 is 14.4 Å². The second kappa shape index (κ2) is 8.18. The van der Waals surface area contributed by atoms with E-state index in [1.54, 1.807) is 7.11 Å². The predicted octanol–water partition coefficient (Wildman–Crippen LogP) is 2.17. The van der Waals surface area contributed by atoms with Crippen molar-refractivity contribution in [3.8, 4) is 5.75 Å². The normalized spacial score (nSPS) is 12.2. The molecule has 5 heteroatoms. The Morgan fingerprint density at radius 3 is 2.59 bits per heavy atom. The van der Waals surface area contributed by atoms with Gasteiger partial charge in [0.05, 0.1) is 44.4 Å². The molecule has 0 bridgehead atoms. The van der Waals surface area contributed by atoms with E-state index in [-0.39, 0.29) is 11.9 Å². The number of carbonyl (C=O) groups is 1. The molecule has 5 nitrogen and oxygen atoms in total. The molecule has 0 radical (unpaired) electrons. The first-order valence-corrected chi connectivity index (χ1v) is 9.08. The molecule has 1 heterocycles. The Morgan fingerprint density at radius 1 is 1.15 bits per heavy atom. The molecule has 3 aromatic rings. The Balaban J connectivity index is 1.86. The summed E-state index contributed by atoms with van der Waals surface area (Å²) >= 11 is 0. The number of methoxy groups -OCH3 is 1. The highest BCUT2D eigenvalue weighted by Crippen LogP contribution is 2.23. The molecule has 0 saturated heterocycles. The van der Waals surface area contributed by atoms with Crippen LogP contribution in [-0.4, -0.2) is 38.6 Å². The third-order valence-electron chi connectivity index (χ3n) is 4.77. The summed E-state index contributed by atoms with van der Waals surface area (Å²) in [4.78, 5) is 18.7. The van der Waals surface area contributed by atoms with Crippen LogP contribution in [0.1, 0.15) is 27.7 Å². The maximum Gasteiger partial charge on any atom is 0.252 e. The van der Waals surface area contributed by atoms with Gasteiger partial charge in [-0.1, -0.05) is 30.3 Å². The SMILES string of the molecule is COc1ccccc1[C@@H](CNC(=O)c1cc(C)nc2ccccc12)[NH+](C)C. The van der Waals surface area contributed by atoms with Crippen LogP contribution in [0.2, 0.25) is 0 Å². The average Bonchev–Trinajstić information content (AvgIpc) is 2.67. The molecule has 0 aliphatic rings. The average molecular weight is 364 g/mol. The van der Waals surface area contributed by atoms with E-state index in [1.165, 1.54) is 4.90 Å². The van der Waals surface area contributed by atoms with Crippen molar-refractivity contribution in [3.63, 3.8) is 0 Å². The first kappa shape index (κ1) is 18.9. The van der Waals surface area contributed by atoms with Crippen LogP contribution >= 0.6 is 0 Å². The van der Waals surface area contributed by atoms with E-state index >= 15 is 0 Å². The fourth-order valence-electron chi connectivity index (χ4n) is 3.37. The summed E-state index contributed by atoms with van der Waals surface area (Å²) in [6, 6.07) is 17.6. The fraction of sp³-hybridized carbons (Fsp3) is 0.273. The maximum atomic E-state index is 12.9. The quantitative estimate of drug-likeness (QED) is 0.705. The zero-order valence-corrected chi connectivity index (χ0v) is 16.2. The molecular weight excluding hydrogens is 338 g/mol. The molecule has 2 N–H and O–H groups in total. The van der Waals surface area contributed by atoms with E-state index in [0.717, 1.165) is 27.9 Å². The number of likely N-dealkylation sites (N-methyl/N-ethyl adjacent to an activating group) is 1. The van der Waals surface area contributed by atoms with Gasteiger partial charge < -0.3 is 15.0 Å². The van der Waals surface area contributed by atoms with E-state index in [9.17, 15) is 4.79 Å². The number of pyridine rings is 1. The van der Waals surface area contributed by atoms with Crippen molar-refractivity contribution in [2.24, 2.45) is 0 Å². The summed E-state index contributed by atoms with van der Waals surface area (Å²) in [6.45, 7) is 2.42. The molecule has 0 spiro atoms. The molecular formula is C22H26N3O2+. The molecule has 1 aromatic heterocycles. The van der Waals surface area contributed by atoms with E-state index in [4.69, 9.17) is 4.74 Å². The highest BCUT2D eigenvalue weighted by molar-refractivity contribution is 6.06. The molecule has 0 saturated carbocycles. The Morgan fingerprint density at radius 2 is 1.85 bits per heavy atom. The van der Waals surface area contributed by atoms with Crippen molar-refractivity contribution >= 4 is 16.8 Å². The van der Waals surface area contributed by atoms with Gasteiger partial charge >= 0.3 is 0 Å². The van der Waals surface area contributed by atoms with E-state index in [2.05, 4.69) is 30.5 Å². The summed E-state index contributed by atoms with van der Waals surface area (Å²) in [5.74, 6) is 0.751. The van der Waals surface area contributed by atoms with Crippen LogP contribution in [0, 0.1) is 6.92 Å². The zero-order chi connectivity index (χ0) is 19.4. The van der Waals surface area contributed by atoms with Gasteiger partial charge in [-0.05, 0) is 31.2 Å². The van der Waals surface area contributed by atoms with E-state index in [0.29, 0.717) is 12.1 Å². The topological polar surface area (TPSA) is 55.7 Å². The first-order valence-electron chi connectivity index (χ1n) is 9.08. The van der Waals surface area contributed by atoms with Crippen LogP contribution in [0.3, 0.4) is 0 Å². The number of benzene rings is 2. The molecule has 140 valence electrons. The number of carbonyl (C=O) groups excluding carboxylic acids is 1. The number of para-hydroxylation sites is 2. The Bertz CT molecular complexity index is 953. The number of nitrogens with one attached hydrogen (secondary N) is 2. The Hall–Kier alpha value is -2.92. The lowest BCUT2D eigenvalue weighted by molar-refractivity contribution is -0.890. The van der Waals surface area contributed by atoms with Crippen molar-refractivity contribution in [2.45, 2.75) is 13.0 Å². The molecule has 0 fully saturated rings.